The summed E-state index contributed by atoms with van der Waals surface area (Å²) in [6, 6.07) is 3.93. The minimum atomic E-state index is -0.101. The zero-order chi connectivity index (χ0) is 20.3. The number of phenols is 1. The monoisotopic (exact) mass is 390 g/mol. The summed E-state index contributed by atoms with van der Waals surface area (Å²) in [4.78, 5) is 21.9. The van der Waals surface area contributed by atoms with Crippen LogP contribution in [0.5, 0.6) is 5.75 Å². The lowest BCUT2D eigenvalue weighted by Gasteiger charge is -2.14. The van der Waals surface area contributed by atoms with Crippen LogP contribution in [0.4, 0.5) is 0 Å². The normalized spacial score (nSPS) is 19.4. The summed E-state index contributed by atoms with van der Waals surface area (Å²) in [7, 11) is 1.84. The third-order valence-electron chi connectivity index (χ3n) is 5.88. The van der Waals surface area contributed by atoms with Gasteiger partial charge in [0.05, 0.1) is 22.0 Å². The van der Waals surface area contributed by atoms with Gasteiger partial charge in [0, 0.05) is 48.7 Å². The highest BCUT2D eigenvalue weighted by atomic mass is 16.3. The van der Waals surface area contributed by atoms with Crippen molar-refractivity contribution in [2.75, 3.05) is 0 Å². The molecule has 148 valence electrons. The second kappa shape index (κ2) is 6.38. The van der Waals surface area contributed by atoms with Crippen LogP contribution in [-0.4, -0.2) is 35.5 Å². The molecule has 0 amide bonds. The highest BCUT2D eigenvalue weighted by molar-refractivity contribution is 5.90. The molecule has 3 N–H and O–H groups in total. The molecule has 3 heterocycles. The van der Waals surface area contributed by atoms with Gasteiger partial charge in [0.2, 0.25) is 0 Å². The topological polar surface area (TPSA) is 112 Å². The van der Waals surface area contributed by atoms with Crippen LogP contribution in [0.3, 0.4) is 0 Å². The molecule has 0 spiro atoms. The maximum atomic E-state index is 13.0. The number of aryl methyl sites for hydroxylation is 2. The van der Waals surface area contributed by atoms with Gasteiger partial charge in [0.15, 0.2) is 5.82 Å². The van der Waals surface area contributed by atoms with Gasteiger partial charge in [-0.3, -0.25) is 9.48 Å². The minimum absolute atomic E-state index is 0.101. The Balaban J connectivity index is 1.63. The predicted octanol–water partition coefficient (Wildman–Crippen LogP) is 2.41. The van der Waals surface area contributed by atoms with Crippen molar-refractivity contribution in [3.8, 4) is 17.1 Å². The average Bonchev–Trinajstić information content (AvgIpc) is 3.30. The van der Waals surface area contributed by atoms with Gasteiger partial charge >= 0.3 is 0 Å². The van der Waals surface area contributed by atoms with Crippen LogP contribution in [-0.2, 0) is 7.05 Å². The SMILES string of the molecule is Cc1c(O)c(-c2ncc3c(=O)n([C@H]4CC[C@@H](N)C4)ccc3n2)cc2cn(C)nc12. The second-order valence-electron chi connectivity index (χ2n) is 7.89. The Hall–Kier alpha value is -3.26. The molecule has 1 fully saturated rings. The van der Waals surface area contributed by atoms with Crippen LogP contribution in [0.1, 0.15) is 30.9 Å². The summed E-state index contributed by atoms with van der Waals surface area (Å²) < 4.78 is 3.46. The Morgan fingerprint density at radius 1 is 1.31 bits per heavy atom. The Kier molecular flexibility index (Phi) is 3.92. The number of phenolic OH excluding ortho intramolecular Hbond substituents is 1. The van der Waals surface area contributed by atoms with Gasteiger partial charge in [0.25, 0.3) is 5.56 Å². The first-order valence-corrected chi connectivity index (χ1v) is 9.72. The number of hydrogen-bond acceptors (Lipinski definition) is 6. The Morgan fingerprint density at radius 2 is 2.14 bits per heavy atom. The summed E-state index contributed by atoms with van der Waals surface area (Å²) in [5.74, 6) is 0.479. The lowest BCUT2D eigenvalue weighted by atomic mass is 10.1. The maximum absolute atomic E-state index is 13.0. The average molecular weight is 390 g/mol. The van der Waals surface area contributed by atoms with E-state index >= 15 is 0 Å². The number of nitrogens with two attached hydrogens (primary N) is 1. The molecule has 1 aromatic carbocycles. The van der Waals surface area contributed by atoms with Crippen LogP contribution in [0.15, 0.2) is 35.5 Å². The van der Waals surface area contributed by atoms with Crippen molar-refractivity contribution in [3.63, 3.8) is 0 Å². The molecule has 3 aromatic heterocycles. The lowest BCUT2D eigenvalue weighted by Crippen LogP contribution is -2.24. The number of nitrogens with zero attached hydrogens (tertiary/aromatic N) is 5. The largest absolute Gasteiger partial charge is 0.507 e. The van der Waals surface area contributed by atoms with E-state index in [0.717, 1.165) is 30.2 Å². The quantitative estimate of drug-likeness (QED) is 0.544. The van der Waals surface area contributed by atoms with Crippen molar-refractivity contribution in [3.05, 3.63) is 46.6 Å². The third kappa shape index (κ3) is 2.79. The number of aromatic nitrogens is 5. The molecular weight excluding hydrogens is 368 g/mol. The molecule has 2 atom stereocenters. The zero-order valence-electron chi connectivity index (χ0n) is 16.3. The van der Waals surface area contributed by atoms with E-state index in [0.29, 0.717) is 27.9 Å². The first kappa shape index (κ1) is 17.8. The Morgan fingerprint density at radius 3 is 2.90 bits per heavy atom. The molecule has 1 aliphatic rings. The Bertz CT molecular complexity index is 1320. The van der Waals surface area contributed by atoms with E-state index in [1.807, 2.05) is 32.3 Å². The van der Waals surface area contributed by atoms with Crippen LogP contribution in [0.25, 0.3) is 33.2 Å². The summed E-state index contributed by atoms with van der Waals surface area (Å²) in [5.41, 5.74) is 8.41. The fourth-order valence-electron chi connectivity index (χ4n) is 4.32. The molecule has 29 heavy (non-hydrogen) atoms. The van der Waals surface area contributed by atoms with Gasteiger partial charge in [-0.25, -0.2) is 9.97 Å². The fraction of sp³-hybridized carbons (Fsp3) is 0.333. The standard InChI is InChI=1S/C21H22N6O2/c1-11-18-12(10-26(2)25-18)7-15(19(11)28)20-23-9-16-17(24-20)5-6-27(21(16)29)14-4-3-13(22)8-14/h5-7,9-10,13-14,28H,3-4,8,22H2,1-2H3/t13-,14+/m1/s1. The van der Waals surface area contributed by atoms with Crippen molar-refractivity contribution in [2.24, 2.45) is 12.8 Å². The number of aromatic hydroxyl groups is 1. The van der Waals surface area contributed by atoms with Crippen molar-refractivity contribution < 1.29 is 5.11 Å². The molecule has 5 rings (SSSR count). The molecule has 8 heteroatoms. The lowest BCUT2D eigenvalue weighted by molar-refractivity contribution is 0.473. The van der Waals surface area contributed by atoms with E-state index < -0.39 is 0 Å². The van der Waals surface area contributed by atoms with Crippen LogP contribution in [0, 0.1) is 6.92 Å². The van der Waals surface area contributed by atoms with Crippen LogP contribution >= 0.6 is 0 Å². The maximum Gasteiger partial charge on any atom is 0.261 e. The molecule has 0 aliphatic heterocycles. The smallest absolute Gasteiger partial charge is 0.261 e. The van der Waals surface area contributed by atoms with E-state index in [4.69, 9.17) is 5.73 Å². The van der Waals surface area contributed by atoms with E-state index in [1.54, 1.807) is 21.6 Å². The molecule has 8 nitrogen and oxygen atoms in total. The van der Waals surface area contributed by atoms with Gasteiger partial charge in [-0.05, 0) is 38.3 Å². The summed E-state index contributed by atoms with van der Waals surface area (Å²) in [6.45, 7) is 1.82. The van der Waals surface area contributed by atoms with Gasteiger partial charge in [-0.1, -0.05) is 0 Å². The van der Waals surface area contributed by atoms with Gasteiger partial charge in [0.1, 0.15) is 5.75 Å². The Labute approximate surface area is 166 Å². The highest BCUT2D eigenvalue weighted by Crippen LogP contribution is 2.35. The van der Waals surface area contributed by atoms with Gasteiger partial charge < -0.3 is 15.4 Å². The molecule has 0 unspecified atom stereocenters. The number of fused-ring (bicyclic) bond motifs is 2. The molecule has 4 aromatic rings. The van der Waals surface area contributed by atoms with E-state index in [1.165, 1.54) is 0 Å². The van der Waals surface area contributed by atoms with E-state index in [-0.39, 0.29) is 23.4 Å². The molecule has 1 saturated carbocycles. The predicted molar refractivity (Wildman–Crippen MR) is 111 cm³/mol. The third-order valence-corrected chi connectivity index (χ3v) is 5.88. The summed E-state index contributed by atoms with van der Waals surface area (Å²) in [5, 5.41) is 16.4. The zero-order valence-corrected chi connectivity index (χ0v) is 16.3. The van der Waals surface area contributed by atoms with Crippen molar-refractivity contribution in [2.45, 2.75) is 38.3 Å². The molecule has 0 radical (unpaired) electrons. The molecular formula is C21H22N6O2. The number of pyridine rings is 1. The van der Waals surface area contributed by atoms with Crippen molar-refractivity contribution in [1.82, 2.24) is 24.3 Å². The van der Waals surface area contributed by atoms with Crippen LogP contribution in [0.2, 0.25) is 0 Å². The number of hydrogen-bond donors (Lipinski definition) is 2. The van der Waals surface area contributed by atoms with Gasteiger partial charge in [-0.15, -0.1) is 0 Å². The number of benzene rings is 1. The van der Waals surface area contributed by atoms with E-state index in [9.17, 15) is 9.90 Å². The molecule has 0 bridgehead atoms. The first-order chi connectivity index (χ1) is 13.9. The second-order valence-corrected chi connectivity index (χ2v) is 7.89. The molecule has 0 saturated heterocycles. The van der Waals surface area contributed by atoms with E-state index in [2.05, 4.69) is 15.1 Å². The highest BCUT2D eigenvalue weighted by Gasteiger charge is 2.24. The number of rotatable bonds is 2. The fourth-order valence-corrected chi connectivity index (χ4v) is 4.32. The summed E-state index contributed by atoms with van der Waals surface area (Å²) >= 11 is 0. The van der Waals surface area contributed by atoms with Crippen molar-refractivity contribution >= 4 is 21.8 Å². The van der Waals surface area contributed by atoms with Crippen LogP contribution < -0.4 is 11.3 Å². The first-order valence-electron chi connectivity index (χ1n) is 9.72. The van der Waals surface area contributed by atoms with Gasteiger partial charge in [-0.2, -0.15) is 5.10 Å². The molecule has 1 aliphatic carbocycles. The minimum Gasteiger partial charge on any atom is -0.507 e. The summed E-state index contributed by atoms with van der Waals surface area (Å²) in [6.07, 6.45) is 7.87. The van der Waals surface area contributed by atoms with Crippen molar-refractivity contribution in [1.29, 1.82) is 0 Å².